The van der Waals surface area contributed by atoms with E-state index in [1.807, 2.05) is 42.0 Å². The summed E-state index contributed by atoms with van der Waals surface area (Å²) in [7, 11) is 0. The lowest BCUT2D eigenvalue weighted by Crippen LogP contribution is -2.30. The van der Waals surface area contributed by atoms with Crippen LogP contribution in [0.25, 0.3) is 21.7 Å². The zero-order valence-electron chi connectivity index (χ0n) is 26.8. The number of aromatic nitrogens is 2. The fraction of sp³-hybridized carbons (Fsp3) is 0.220. The molecule has 3 nitrogen and oxygen atoms in total. The number of benzene rings is 4. The average Bonchev–Trinajstić information content (AvgIpc) is 3.66. The van der Waals surface area contributed by atoms with E-state index in [0.717, 1.165) is 33.3 Å². The normalized spacial score (nSPS) is 13.7. The van der Waals surface area contributed by atoms with Gasteiger partial charge in [-0.05, 0) is 86.2 Å². The lowest BCUT2D eigenvalue weighted by molar-refractivity contribution is 0.481. The Morgan fingerprint density at radius 1 is 0.600 bits per heavy atom. The van der Waals surface area contributed by atoms with E-state index in [9.17, 15) is 0 Å². The fourth-order valence-corrected chi connectivity index (χ4v) is 7.21. The molecule has 0 radical (unpaired) electrons. The van der Waals surface area contributed by atoms with Gasteiger partial charge in [-0.25, -0.2) is 4.98 Å². The Morgan fingerprint density at radius 2 is 1.24 bits per heavy atom. The third-order valence-corrected chi connectivity index (χ3v) is 9.76. The molecule has 4 aromatic carbocycles. The topological polar surface area (TPSA) is 35.0 Å². The maximum absolute atomic E-state index is 6.56. The molecular formula is C41H38N2OS. The van der Waals surface area contributed by atoms with Gasteiger partial charge < -0.3 is 4.74 Å². The highest BCUT2D eigenvalue weighted by Crippen LogP contribution is 2.57. The van der Waals surface area contributed by atoms with Gasteiger partial charge in [0, 0.05) is 23.3 Å². The summed E-state index contributed by atoms with van der Waals surface area (Å²) in [6.07, 6.45) is 3.74. The van der Waals surface area contributed by atoms with Crippen LogP contribution in [-0.2, 0) is 16.2 Å². The first-order valence-corrected chi connectivity index (χ1v) is 16.4. The van der Waals surface area contributed by atoms with Crippen molar-refractivity contribution in [2.24, 2.45) is 0 Å². The summed E-state index contributed by atoms with van der Waals surface area (Å²) in [5.41, 5.74) is 10.3. The average molecular weight is 607 g/mol. The van der Waals surface area contributed by atoms with Crippen LogP contribution in [0, 0.1) is 0 Å². The van der Waals surface area contributed by atoms with Crippen molar-refractivity contribution in [2.75, 3.05) is 0 Å². The third-order valence-electron chi connectivity index (χ3n) is 8.93. The third kappa shape index (κ3) is 5.07. The van der Waals surface area contributed by atoms with Crippen molar-refractivity contribution in [1.82, 2.24) is 9.97 Å². The standard InChI is InChI=1S/C41H38N2OS/c1-39(2,3)28-16-18-35-33(25-28)34-26-29(40(4,5)6)17-19-36(34)41(35,37-15-7-8-20-42-37)30-12-10-14-32(24-30)44-31-13-9-11-27(23-31)38-43-21-22-45-38/h7-26H,1-6H3. The summed E-state index contributed by atoms with van der Waals surface area (Å²) in [5, 5.41) is 2.97. The van der Waals surface area contributed by atoms with Gasteiger partial charge in [-0.15, -0.1) is 11.3 Å². The minimum atomic E-state index is -0.610. The summed E-state index contributed by atoms with van der Waals surface area (Å²) in [4.78, 5) is 9.54. The van der Waals surface area contributed by atoms with Gasteiger partial charge in [-0.3, -0.25) is 4.98 Å². The lowest BCUT2D eigenvalue weighted by atomic mass is 9.69. The van der Waals surface area contributed by atoms with Crippen LogP contribution in [0.1, 0.15) is 75.1 Å². The minimum Gasteiger partial charge on any atom is -0.457 e. The van der Waals surface area contributed by atoms with Crippen molar-refractivity contribution in [3.05, 3.63) is 154 Å². The second-order valence-corrected chi connectivity index (χ2v) is 14.9. The number of nitrogens with zero attached hydrogens (tertiary/aromatic N) is 2. The van der Waals surface area contributed by atoms with Gasteiger partial charge in [-0.1, -0.05) is 108 Å². The molecule has 4 heteroatoms. The second-order valence-electron chi connectivity index (χ2n) is 14.0. The molecule has 0 saturated heterocycles. The quantitative estimate of drug-likeness (QED) is 0.195. The number of ether oxygens (including phenoxy) is 1. The van der Waals surface area contributed by atoms with Gasteiger partial charge in [0.25, 0.3) is 0 Å². The number of thiazole rings is 1. The zero-order valence-corrected chi connectivity index (χ0v) is 27.6. The van der Waals surface area contributed by atoms with Crippen LogP contribution >= 0.6 is 11.3 Å². The molecule has 7 rings (SSSR count). The molecule has 0 unspecified atom stereocenters. The zero-order chi connectivity index (χ0) is 31.4. The van der Waals surface area contributed by atoms with Crippen LogP contribution < -0.4 is 4.74 Å². The molecule has 0 N–H and O–H groups in total. The molecule has 0 atom stereocenters. The van der Waals surface area contributed by atoms with Crippen LogP contribution in [0.2, 0.25) is 0 Å². The molecule has 0 aliphatic heterocycles. The predicted octanol–water partition coefficient (Wildman–Crippen LogP) is 11.0. The number of pyridine rings is 1. The summed E-state index contributed by atoms with van der Waals surface area (Å²) >= 11 is 1.63. The number of rotatable bonds is 5. The maximum atomic E-state index is 6.56. The van der Waals surface area contributed by atoms with Gasteiger partial charge in [-0.2, -0.15) is 0 Å². The fourth-order valence-electron chi connectivity index (χ4n) is 6.57. The van der Waals surface area contributed by atoms with Crippen molar-refractivity contribution < 1.29 is 4.74 Å². The predicted molar refractivity (Wildman–Crippen MR) is 187 cm³/mol. The lowest BCUT2D eigenvalue weighted by Gasteiger charge is -2.33. The van der Waals surface area contributed by atoms with E-state index in [2.05, 4.69) is 125 Å². The second kappa shape index (κ2) is 10.8. The van der Waals surface area contributed by atoms with E-state index in [4.69, 9.17) is 9.72 Å². The first kappa shape index (κ1) is 29.2. The Balaban J connectivity index is 1.45. The first-order valence-electron chi connectivity index (χ1n) is 15.6. The maximum Gasteiger partial charge on any atom is 0.128 e. The van der Waals surface area contributed by atoms with Crippen molar-refractivity contribution in [3.8, 4) is 33.2 Å². The van der Waals surface area contributed by atoms with Crippen molar-refractivity contribution in [1.29, 1.82) is 0 Å². The van der Waals surface area contributed by atoms with Gasteiger partial charge in [0.05, 0.1) is 11.1 Å². The van der Waals surface area contributed by atoms with E-state index in [1.165, 1.54) is 33.4 Å². The molecule has 1 aliphatic carbocycles. The van der Waals surface area contributed by atoms with Crippen LogP contribution in [0.4, 0.5) is 0 Å². The number of hydrogen-bond donors (Lipinski definition) is 0. The molecular weight excluding hydrogens is 569 g/mol. The highest BCUT2D eigenvalue weighted by Gasteiger charge is 2.48. The summed E-state index contributed by atoms with van der Waals surface area (Å²) < 4.78 is 6.56. The molecule has 2 heterocycles. The van der Waals surface area contributed by atoms with Crippen LogP contribution in [0.15, 0.2) is 121 Å². The Morgan fingerprint density at radius 3 is 1.82 bits per heavy atom. The summed E-state index contributed by atoms with van der Waals surface area (Å²) in [6, 6.07) is 37.1. The van der Waals surface area contributed by atoms with E-state index >= 15 is 0 Å². The highest BCUT2D eigenvalue weighted by atomic mass is 32.1. The largest absolute Gasteiger partial charge is 0.457 e. The SMILES string of the molecule is CC(C)(C)c1ccc2c(c1)-c1cc(C(C)(C)C)ccc1C2(c1cccc(Oc2cccc(-c3nccs3)c2)c1)c1ccccn1. The van der Waals surface area contributed by atoms with E-state index in [0.29, 0.717) is 0 Å². The van der Waals surface area contributed by atoms with Gasteiger partial charge >= 0.3 is 0 Å². The monoisotopic (exact) mass is 606 g/mol. The first-order chi connectivity index (χ1) is 21.5. The molecule has 6 aromatic rings. The molecule has 0 fully saturated rings. The summed E-state index contributed by atoms with van der Waals surface area (Å²) in [6.45, 7) is 13.7. The van der Waals surface area contributed by atoms with Crippen LogP contribution in [-0.4, -0.2) is 9.97 Å². The Labute approximate surface area is 270 Å². The smallest absolute Gasteiger partial charge is 0.128 e. The number of hydrogen-bond acceptors (Lipinski definition) is 4. The molecule has 2 aromatic heterocycles. The van der Waals surface area contributed by atoms with E-state index < -0.39 is 5.41 Å². The van der Waals surface area contributed by atoms with Gasteiger partial charge in [0.15, 0.2) is 0 Å². The van der Waals surface area contributed by atoms with Crippen molar-refractivity contribution in [3.63, 3.8) is 0 Å². The Kier molecular flexibility index (Phi) is 7.02. The van der Waals surface area contributed by atoms with E-state index in [-0.39, 0.29) is 10.8 Å². The number of fused-ring (bicyclic) bond motifs is 3. The Hall–Kier alpha value is -4.54. The molecule has 0 spiro atoms. The van der Waals surface area contributed by atoms with Gasteiger partial charge in [0.1, 0.15) is 16.5 Å². The van der Waals surface area contributed by atoms with Crippen molar-refractivity contribution in [2.45, 2.75) is 57.8 Å². The molecule has 224 valence electrons. The van der Waals surface area contributed by atoms with Crippen molar-refractivity contribution >= 4 is 11.3 Å². The van der Waals surface area contributed by atoms with E-state index in [1.54, 1.807) is 11.3 Å². The molecule has 0 bridgehead atoms. The molecule has 45 heavy (non-hydrogen) atoms. The summed E-state index contributed by atoms with van der Waals surface area (Å²) in [5.74, 6) is 1.57. The van der Waals surface area contributed by atoms with Gasteiger partial charge in [0.2, 0.25) is 0 Å². The molecule has 1 aliphatic rings. The molecule has 0 amide bonds. The van der Waals surface area contributed by atoms with Crippen LogP contribution in [0.3, 0.4) is 0 Å². The minimum absolute atomic E-state index is 0.0218. The molecule has 0 saturated carbocycles. The highest BCUT2D eigenvalue weighted by molar-refractivity contribution is 7.13. The van der Waals surface area contributed by atoms with Crippen LogP contribution in [0.5, 0.6) is 11.5 Å². The Bertz CT molecular complexity index is 1930.